The first-order valence-corrected chi connectivity index (χ1v) is 8.85. The molecular weight excluding hydrogens is 316 g/mol. The van der Waals surface area contributed by atoms with Gasteiger partial charge in [0.2, 0.25) is 0 Å². The summed E-state index contributed by atoms with van der Waals surface area (Å²) in [6, 6.07) is 9.49. The van der Waals surface area contributed by atoms with Crippen molar-refractivity contribution in [1.29, 1.82) is 0 Å². The summed E-state index contributed by atoms with van der Waals surface area (Å²) in [5.74, 6) is 0.313. The Morgan fingerprint density at radius 1 is 1.12 bits per heavy atom. The second kappa shape index (κ2) is 6.80. The Bertz CT molecular complexity index is 806. The molecular formula is C19H22N4O2. The summed E-state index contributed by atoms with van der Waals surface area (Å²) in [5, 5.41) is 0. The van der Waals surface area contributed by atoms with Crippen LogP contribution in [0.25, 0.3) is 0 Å². The molecule has 130 valence electrons. The third-order valence-corrected chi connectivity index (χ3v) is 4.95. The SMILES string of the molecule is O=C(c1ccc(C2CC2)[nH]c1=O)N1CCN(Cc2ccccn2)CC1. The number of carbonyl (C=O) groups excluding carboxylic acids is 1. The fraction of sp³-hybridized carbons (Fsp3) is 0.421. The minimum Gasteiger partial charge on any atom is -0.336 e. The average molecular weight is 338 g/mol. The predicted molar refractivity (Wildman–Crippen MR) is 94.5 cm³/mol. The Balaban J connectivity index is 1.37. The van der Waals surface area contributed by atoms with Crippen molar-refractivity contribution in [2.75, 3.05) is 26.2 Å². The Labute approximate surface area is 146 Å². The predicted octanol–water partition coefficient (Wildman–Crippen LogP) is 1.61. The summed E-state index contributed by atoms with van der Waals surface area (Å²) in [6.07, 6.45) is 4.05. The number of pyridine rings is 2. The van der Waals surface area contributed by atoms with Gasteiger partial charge in [0.25, 0.3) is 11.5 Å². The third-order valence-electron chi connectivity index (χ3n) is 4.95. The van der Waals surface area contributed by atoms with Crippen LogP contribution >= 0.6 is 0 Å². The molecule has 25 heavy (non-hydrogen) atoms. The highest BCUT2D eigenvalue weighted by Crippen LogP contribution is 2.38. The maximum atomic E-state index is 12.7. The molecule has 0 spiro atoms. The van der Waals surface area contributed by atoms with Gasteiger partial charge in [0.1, 0.15) is 5.56 Å². The number of nitrogens with zero attached hydrogens (tertiary/aromatic N) is 3. The monoisotopic (exact) mass is 338 g/mol. The number of aromatic amines is 1. The summed E-state index contributed by atoms with van der Waals surface area (Å²) in [4.78, 5) is 36.2. The molecule has 1 aliphatic heterocycles. The van der Waals surface area contributed by atoms with Crippen LogP contribution in [0, 0.1) is 0 Å². The van der Waals surface area contributed by atoms with E-state index in [1.807, 2.05) is 24.3 Å². The van der Waals surface area contributed by atoms with Crippen LogP contribution in [-0.4, -0.2) is 51.9 Å². The third kappa shape index (κ3) is 3.64. The zero-order valence-corrected chi connectivity index (χ0v) is 14.1. The normalized spacial score (nSPS) is 18.3. The first-order chi connectivity index (χ1) is 12.2. The van der Waals surface area contributed by atoms with Crippen molar-refractivity contribution in [2.24, 2.45) is 0 Å². The molecule has 1 amide bonds. The Hall–Kier alpha value is -2.47. The Kier molecular flexibility index (Phi) is 4.36. The van der Waals surface area contributed by atoms with Gasteiger partial charge in [0.05, 0.1) is 5.69 Å². The van der Waals surface area contributed by atoms with E-state index in [-0.39, 0.29) is 17.0 Å². The molecule has 2 aromatic heterocycles. The van der Waals surface area contributed by atoms with Crippen molar-refractivity contribution in [3.8, 4) is 0 Å². The van der Waals surface area contributed by atoms with Crippen molar-refractivity contribution >= 4 is 5.91 Å². The van der Waals surface area contributed by atoms with Gasteiger partial charge in [-0.05, 0) is 43.0 Å². The Morgan fingerprint density at radius 2 is 1.92 bits per heavy atom. The lowest BCUT2D eigenvalue weighted by Gasteiger charge is -2.34. The lowest BCUT2D eigenvalue weighted by molar-refractivity contribution is 0.0625. The minimum absolute atomic E-state index is 0.166. The van der Waals surface area contributed by atoms with Crippen LogP contribution in [0.1, 0.15) is 40.5 Å². The molecule has 3 heterocycles. The first kappa shape index (κ1) is 16.0. The molecule has 4 rings (SSSR count). The Morgan fingerprint density at radius 3 is 2.56 bits per heavy atom. The highest BCUT2D eigenvalue weighted by molar-refractivity contribution is 5.93. The summed E-state index contributed by atoms with van der Waals surface area (Å²) in [7, 11) is 0. The lowest BCUT2D eigenvalue weighted by Crippen LogP contribution is -2.49. The van der Waals surface area contributed by atoms with E-state index in [0.29, 0.717) is 19.0 Å². The highest BCUT2D eigenvalue weighted by Gasteiger charge is 2.27. The second-order valence-electron chi connectivity index (χ2n) is 6.82. The van der Waals surface area contributed by atoms with E-state index in [2.05, 4.69) is 14.9 Å². The molecule has 1 saturated carbocycles. The van der Waals surface area contributed by atoms with Gasteiger partial charge >= 0.3 is 0 Å². The van der Waals surface area contributed by atoms with Gasteiger partial charge in [-0.3, -0.25) is 19.5 Å². The summed E-state index contributed by atoms with van der Waals surface area (Å²) in [6.45, 7) is 3.64. The number of H-pyrrole nitrogens is 1. The second-order valence-corrected chi connectivity index (χ2v) is 6.82. The maximum absolute atomic E-state index is 12.7. The number of hydrogen-bond donors (Lipinski definition) is 1. The van der Waals surface area contributed by atoms with Gasteiger partial charge in [0.15, 0.2) is 0 Å². The molecule has 0 radical (unpaired) electrons. The molecule has 0 aromatic carbocycles. The number of amides is 1. The standard InChI is InChI=1S/C19H22N4O2/c24-18-16(6-7-17(21-18)14-4-5-14)19(25)23-11-9-22(10-12-23)13-15-3-1-2-8-20-15/h1-3,6-8,14H,4-5,9-13H2,(H,21,24). The van der Waals surface area contributed by atoms with Crippen molar-refractivity contribution < 1.29 is 4.79 Å². The highest BCUT2D eigenvalue weighted by atomic mass is 16.2. The molecule has 2 aliphatic rings. The minimum atomic E-state index is -0.259. The van der Waals surface area contributed by atoms with Crippen LogP contribution in [0.5, 0.6) is 0 Å². The number of rotatable bonds is 4. The van der Waals surface area contributed by atoms with Crippen LogP contribution in [0.3, 0.4) is 0 Å². The fourth-order valence-corrected chi connectivity index (χ4v) is 3.29. The van der Waals surface area contributed by atoms with Crippen LogP contribution in [0.2, 0.25) is 0 Å². The van der Waals surface area contributed by atoms with Crippen LogP contribution in [0.4, 0.5) is 0 Å². The van der Waals surface area contributed by atoms with E-state index < -0.39 is 0 Å². The molecule has 1 saturated heterocycles. The van der Waals surface area contributed by atoms with Gasteiger partial charge in [-0.1, -0.05) is 6.07 Å². The molecule has 1 N–H and O–H groups in total. The van der Waals surface area contributed by atoms with Gasteiger partial charge in [-0.15, -0.1) is 0 Å². The van der Waals surface area contributed by atoms with Gasteiger partial charge < -0.3 is 9.88 Å². The topological polar surface area (TPSA) is 69.3 Å². The quantitative estimate of drug-likeness (QED) is 0.919. The van der Waals surface area contributed by atoms with Crippen molar-refractivity contribution in [3.63, 3.8) is 0 Å². The number of carbonyl (C=O) groups is 1. The number of aromatic nitrogens is 2. The molecule has 1 aliphatic carbocycles. The van der Waals surface area contributed by atoms with Crippen LogP contribution in [0.15, 0.2) is 41.3 Å². The fourth-order valence-electron chi connectivity index (χ4n) is 3.29. The zero-order valence-electron chi connectivity index (χ0n) is 14.1. The summed E-state index contributed by atoms with van der Waals surface area (Å²) in [5.41, 5.74) is 1.99. The van der Waals surface area contributed by atoms with Crippen LogP contribution < -0.4 is 5.56 Å². The van der Waals surface area contributed by atoms with Crippen LogP contribution in [-0.2, 0) is 6.54 Å². The first-order valence-electron chi connectivity index (χ1n) is 8.85. The summed E-state index contributed by atoms with van der Waals surface area (Å²) >= 11 is 0. The molecule has 2 aromatic rings. The number of nitrogens with one attached hydrogen (secondary N) is 1. The summed E-state index contributed by atoms with van der Waals surface area (Å²) < 4.78 is 0. The smallest absolute Gasteiger partial charge is 0.261 e. The lowest BCUT2D eigenvalue weighted by atomic mass is 10.1. The van der Waals surface area contributed by atoms with Crippen molar-refractivity contribution in [1.82, 2.24) is 19.8 Å². The van der Waals surface area contributed by atoms with E-state index in [0.717, 1.165) is 43.9 Å². The van der Waals surface area contributed by atoms with E-state index in [9.17, 15) is 9.59 Å². The molecule has 6 heteroatoms. The average Bonchev–Trinajstić information content (AvgIpc) is 3.48. The largest absolute Gasteiger partial charge is 0.336 e. The van der Waals surface area contributed by atoms with E-state index >= 15 is 0 Å². The van der Waals surface area contributed by atoms with Gasteiger partial charge in [0, 0.05) is 44.6 Å². The number of hydrogen-bond acceptors (Lipinski definition) is 4. The molecule has 0 unspecified atom stereocenters. The van der Waals surface area contributed by atoms with Crippen molar-refractivity contribution in [3.05, 3.63) is 63.8 Å². The molecule has 0 atom stereocenters. The molecule has 6 nitrogen and oxygen atoms in total. The van der Waals surface area contributed by atoms with Gasteiger partial charge in [-0.25, -0.2) is 0 Å². The van der Waals surface area contributed by atoms with E-state index in [1.165, 1.54) is 0 Å². The van der Waals surface area contributed by atoms with Gasteiger partial charge in [-0.2, -0.15) is 0 Å². The maximum Gasteiger partial charge on any atom is 0.261 e. The number of piperazine rings is 1. The molecule has 0 bridgehead atoms. The zero-order chi connectivity index (χ0) is 17.2. The van der Waals surface area contributed by atoms with E-state index in [1.54, 1.807) is 17.2 Å². The molecule has 2 fully saturated rings. The van der Waals surface area contributed by atoms with E-state index in [4.69, 9.17) is 0 Å². The van der Waals surface area contributed by atoms with Crippen molar-refractivity contribution in [2.45, 2.75) is 25.3 Å².